The molecule has 3 aromatic carbocycles. The summed E-state index contributed by atoms with van der Waals surface area (Å²) in [7, 11) is 0. The topological polar surface area (TPSA) is 50.1 Å². The summed E-state index contributed by atoms with van der Waals surface area (Å²) < 4.78 is 5.78. The van der Waals surface area contributed by atoms with Crippen molar-refractivity contribution in [2.75, 3.05) is 0 Å². The standard InChI is InChI=1S/C31H33NO2/c1-23(2)25-18-16-24(17-19-25)20-26(29(33)34-30(3,4)5)21-31(22-32,27-12-8-6-9-13-27)28-14-10-7-11-15-28/h6-20,23H,21H2,1-5H3/b26-20+. The van der Waals surface area contributed by atoms with Gasteiger partial charge in [0.05, 0.1) is 6.07 Å². The molecule has 0 aliphatic carbocycles. The van der Waals surface area contributed by atoms with Gasteiger partial charge in [0.25, 0.3) is 0 Å². The van der Waals surface area contributed by atoms with E-state index in [1.54, 1.807) is 0 Å². The number of benzene rings is 3. The molecule has 0 radical (unpaired) electrons. The fraction of sp³-hybridized carbons (Fsp3) is 0.290. The van der Waals surface area contributed by atoms with Crippen molar-refractivity contribution in [2.24, 2.45) is 0 Å². The molecular weight excluding hydrogens is 418 g/mol. The van der Waals surface area contributed by atoms with Crippen LogP contribution < -0.4 is 0 Å². The molecule has 0 aromatic heterocycles. The lowest BCUT2D eigenvalue weighted by Gasteiger charge is -2.30. The highest BCUT2D eigenvalue weighted by molar-refractivity contribution is 5.94. The highest BCUT2D eigenvalue weighted by Crippen LogP contribution is 2.39. The fourth-order valence-electron chi connectivity index (χ4n) is 3.97. The lowest BCUT2D eigenvalue weighted by atomic mass is 9.71. The van der Waals surface area contributed by atoms with E-state index in [1.807, 2.05) is 99.6 Å². The van der Waals surface area contributed by atoms with Gasteiger partial charge in [0.1, 0.15) is 11.0 Å². The number of carbonyl (C=O) groups excluding carboxylic acids is 1. The van der Waals surface area contributed by atoms with Gasteiger partial charge >= 0.3 is 5.97 Å². The first-order valence-electron chi connectivity index (χ1n) is 11.7. The van der Waals surface area contributed by atoms with Gasteiger partial charge in [-0.3, -0.25) is 0 Å². The minimum absolute atomic E-state index is 0.193. The molecular formula is C31H33NO2. The van der Waals surface area contributed by atoms with E-state index in [1.165, 1.54) is 5.56 Å². The fourth-order valence-corrected chi connectivity index (χ4v) is 3.97. The van der Waals surface area contributed by atoms with Crippen molar-refractivity contribution in [3.63, 3.8) is 0 Å². The van der Waals surface area contributed by atoms with E-state index < -0.39 is 17.0 Å². The Kier molecular flexibility index (Phi) is 7.74. The normalized spacial score (nSPS) is 12.3. The molecule has 0 amide bonds. The number of carbonyl (C=O) groups is 1. The zero-order valence-electron chi connectivity index (χ0n) is 20.7. The summed E-state index contributed by atoms with van der Waals surface area (Å²) >= 11 is 0. The smallest absolute Gasteiger partial charge is 0.334 e. The van der Waals surface area contributed by atoms with Gasteiger partial charge in [-0.05, 0) is 55.0 Å². The summed E-state index contributed by atoms with van der Waals surface area (Å²) in [6.07, 6.45) is 2.05. The molecule has 0 N–H and O–H groups in total. The van der Waals surface area contributed by atoms with Crippen LogP contribution in [0.4, 0.5) is 0 Å². The predicted molar refractivity (Wildman–Crippen MR) is 138 cm³/mol. The first-order chi connectivity index (χ1) is 16.1. The van der Waals surface area contributed by atoms with Crippen molar-refractivity contribution in [2.45, 2.75) is 58.0 Å². The molecule has 0 heterocycles. The lowest BCUT2D eigenvalue weighted by molar-refractivity contribution is -0.150. The van der Waals surface area contributed by atoms with E-state index in [-0.39, 0.29) is 6.42 Å². The second kappa shape index (κ2) is 10.5. The summed E-state index contributed by atoms with van der Waals surface area (Å²) in [5, 5.41) is 10.6. The van der Waals surface area contributed by atoms with Gasteiger partial charge in [-0.15, -0.1) is 0 Å². The molecule has 0 aliphatic rings. The molecule has 0 saturated heterocycles. The average molecular weight is 452 g/mol. The number of rotatable bonds is 7. The van der Waals surface area contributed by atoms with Crippen molar-refractivity contribution < 1.29 is 9.53 Å². The van der Waals surface area contributed by atoms with Gasteiger partial charge in [-0.2, -0.15) is 5.26 Å². The van der Waals surface area contributed by atoms with E-state index in [0.717, 1.165) is 16.7 Å². The van der Waals surface area contributed by atoms with Crippen molar-refractivity contribution in [1.82, 2.24) is 0 Å². The van der Waals surface area contributed by atoms with Gasteiger partial charge in [0, 0.05) is 12.0 Å². The third kappa shape index (κ3) is 6.02. The van der Waals surface area contributed by atoms with Crippen molar-refractivity contribution in [3.8, 4) is 6.07 Å². The second-order valence-corrected chi connectivity index (χ2v) is 9.92. The molecule has 174 valence electrons. The molecule has 0 fully saturated rings. The van der Waals surface area contributed by atoms with E-state index in [9.17, 15) is 10.1 Å². The number of ether oxygens (including phenoxy) is 1. The first kappa shape index (κ1) is 25.0. The third-order valence-corrected chi connectivity index (χ3v) is 5.78. The Morgan fingerprint density at radius 1 is 0.882 bits per heavy atom. The molecule has 0 saturated carbocycles. The van der Waals surface area contributed by atoms with Gasteiger partial charge < -0.3 is 4.74 Å². The Hall–Kier alpha value is -3.64. The van der Waals surface area contributed by atoms with Gasteiger partial charge in [0.15, 0.2) is 0 Å². The summed E-state index contributed by atoms with van der Waals surface area (Å²) in [5.41, 5.74) is 2.59. The Labute approximate surface area is 203 Å². The number of hydrogen-bond donors (Lipinski definition) is 0. The van der Waals surface area contributed by atoms with Crippen LogP contribution >= 0.6 is 0 Å². The quantitative estimate of drug-likeness (QED) is 0.277. The van der Waals surface area contributed by atoms with Gasteiger partial charge in [-0.1, -0.05) is 98.8 Å². The molecule has 0 bridgehead atoms. The van der Waals surface area contributed by atoms with Gasteiger partial charge in [0.2, 0.25) is 0 Å². The summed E-state index contributed by atoms with van der Waals surface area (Å²) in [5.74, 6) is 0.0117. The van der Waals surface area contributed by atoms with Crippen LogP contribution in [0.1, 0.15) is 69.2 Å². The molecule has 0 atom stereocenters. The van der Waals surface area contributed by atoms with Crippen LogP contribution in [-0.4, -0.2) is 11.6 Å². The Morgan fingerprint density at radius 2 is 1.38 bits per heavy atom. The van der Waals surface area contributed by atoms with E-state index in [4.69, 9.17) is 4.74 Å². The van der Waals surface area contributed by atoms with Gasteiger partial charge in [-0.25, -0.2) is 4.79 Å². The highest BCUT2D eigenvalue weighted by atomic mass is 16.6. The maximum Gasteiger partial charge on any atom is 0.334 e. The molecule has 0 spiro atoms. The molecule has 0 aliphatic heterocycles. The predicted octanol–water partition coefficient (Wildman–Crippen LogP) is 7.44. The third-order valence-electron chi connectivity index (χ3n) is 5.78. The van der Waals surface area contributed by atoms with Crippen LogP contribution in [0, 0.1) is 11.3 Å². The van der Waals surface area contributed by atoms with Crippen molar-refractivity contribution in [3.05, 3.63) is 113 Å². The van der Waals surface area contributed by atoms with Crippen LogP contribution in [0.2, 0.25) is 0 Å². The molecule has 3 heteroatoms. The Balaban J connectivity index is 2.15. The largest absolute Gasteiger partial charge is 0.457 e. The van der Waals surface area contributed by atoms with Crippen LogP contribution in [0.15, 0.2) is 90.5 Å². The SMILES string of the molecule is CC(C)c1ccc(/C=C(\CC(C#N)(c2ccccc2)c2ccccc2)C(=O)OC(C)(C)C)cc1. The van der Waals surface area contributed by atoms with E-state index in [2.05, 4.69) is 32.0 Å². The van der Waals surface area contributed by atoms with E-state index in [0.29, 0.717) is 11.5 Å². The monoisotopic (exact) mass is 451 g/mol. The summed E-state index contributed by atoms with van der Waals surface area (Å²) in [4.78, 5) is 13.4. The Bertz CT molecular complexity index is 1120. The van der Waals surface area contributed by atoms with Crippen molar-refractivity contribution in [1.29, 1.82) is 5.26 Å². The summed E-state index contributed by atoms with van der Waals surface area (Å²) in [6.45, 7) is 9.86. The number of hydrogen-bond acceptors (Lipinski definition) is 3. The lowest BCUT2D eigenvalue weighted by Crippen LogP contribution is -2.31. The molecule has 3 aromatic rings. The maximum atomic E-state index is 13.4. The molecule has 34 heavy (non-hydrogen) atoms. The summed E-state index contributed by atoms with van der Waals surface area (Å²) in [6, 6.07) is 30.1. The molecule has 3 rings (SSSR count). The first-order valence-corrected chi connectivity index (χ1v) is 11.7. The van der Waals surface area contributed by atoms with Crippen molar-refractivity contribution >= 4 is 12.0 Å². The average Bonchev–Trinajstić information content (AvgIpc) is 2.82. The number of nitriles is 1. The second-order valence-electron chi connectivity index (χ2n) is 9.92. The maximum absolute atomic E-state index is 13.4. The zero-order valence-corrected chi connectivity index (χ0v) is 20.7. The van der Waals surface area contributed by atoms with Crippen LogP contribution in [0.25, 0.3) is 6.08 Å². The minimum Gasteiger partial charge on any atom is -0.457 e. The molecule has 0 unspecified atom stereocenters. The number of nitrogens with zero attached hydrogens (tertiary/aromatic N) is 1. The minimum atomic E-state index is -1.04. The van der Waals surface area contributed by atoms with E-state index >= 15 is 0 Å². The molecule has 3 nitrogen and oxygen atoms in total. The van der Waals surface area contributed by atoms with Crippen LogP contribution in [-0.2, 0) is 14.9 Å². The van der Waals surface area contributed by atoms with Crippen LogP contribution in [0.5, 0.6) is 0 Å². The number of esters is 1. The zero-order chi connectivity index (χ0) is 24.8. The van der Waals surface area contributed by atoms with Crippen LogP contribution in [0.3, 0.4) is 0 Å². The highest BCUT2D eigenvalue weighted by Gasteiger charge is 2.38. The Morgan fingerprint density at radius 3 is 1.79 bits per heavy atom.